The van der Waals surface area contributed by atoms with Crippen LogP contribution in [0.15, 0.2) is 41.0 Å². The molecule has 1 heterocycles. The molecule has 0 unspecified atom stereocenters. The average Bonchev–Trinajstić information content (AvgIpc) is 2.93. The molecule has 1 aromatic heterocycles. The standard InChI is InChI=1S/C16H18O4/c1-3-11(2)13-6-4-5-7-14(13)20-10-12-8-9-19-15(12)16(17)18/h4-9,11H,3,10H2,1-2H3,(H,17,18)/t11-/m1/s1. The van der Waals surface area contributed by atoms with Crippen molar-refractivity contribution in [2.75, 3.05) is 0 Å². The van der Waals surface area contributed by atoms with E-state index in [2.05, 4.69) is 13.8 Å². The van der Waals surface area contributed by atoms with Crippen molar-refractivity contribution < 1.29 is 19.1 Å². The largest absolute Gasteiger partial charge is 0.488 e. The quantitative estimate of drug-likeness (QED) is 0.862. The lowest BCUT2D eigenvalue weighted by atomic mass is 9.98. The summed E-state index contributed by atoms with van der Waals surface area (Å²) in [6.45, 7) is 4.45. The summed E-state index contributed by atoms with van der Waals surface area (Å²) in [5.74, 6) is 0.0451. The Kier molecular flexibility index (Phi) is 4.45. The van der Waals surface area contributed by atoms with Gasteiger partial charge in [0.05, 0.1) is 6.26 Å². The molecule has 106 valence electrons. The van der Waals surface area contributed by atoms with Gasteiger partial charge in [0.25, 0.3) is 0 Å². The molecule has 0 amide bonds. The molecule has 4 nitrogen and oxygen atoms in total. The fourth-order valence-corrected chi connectivity index (χ4v) is 2.03. The Balaban J connectivity index is 2.15. The fourth-order valence-electron chi connectivity index (χ4n) is 2.03. The van der Waals surface area contributed by atoms with Gasteiger partial charge < -0.3 is 14.3 Å². The van der Waals surface area contributed by atoms with E-state index >= 15 is 0 Å². The summed E-state index contributed by atoms with van der Waals surface area (Å²) < 4.78 is 10.7. The number of carbonyl (C=O) groups is 1. The minimum Gasteiger partial charge on any atom is -0.488 e. The molecule has 2 rings (SSSR count). The van der Waals surface area contributed by atoms with E-state index in [1.807, 2.05) is 24.3 Å². The van der Waals surface area contributed by atoms with Crippen LogP contribution in [0, 0.1) is 0 Å². The minimum atomic E-state index is -1.08. The van der Waals surface area contributed by atoms with Crippen LogP contribution in [0.5, 0.6) is 5.75 Å². The Morgan fingerprint density at radius 2 is 2.10 bits per heavy atom. The number of hydrogen-bond acceptors (Lipinski definition) is 3. The Morgan fingerprint density at radius 3 is 2.80 bits per heavy atom. The summed E-state index contributed by atoms with van der Waals surface area (Å²) in [5.41, 5.74) is 1.67. The van der Waals surface area contributed by atoms with Gasteiger partial charge in [-0.05, 0) is 30.0 Å². The van der Waals surface area contributed by atoms with Crippen LogP contribution in [0.4, 0.5) is 0 Å². The molecule has 2 aromatic rings. The van der Waals surface area contributed by atoms with Crippen LogP contribution in [-0.2, 0) is 6.61 Å². The van der Waals surface area contributed by atoms with Crippen molar-refractivity contribution in [1.82, 2.24) is 0 Å². The minimum absolute atomic E-state index is 0.0639. The third-order valence-electron chi connectivity index (χ3n) is 3.39. The van der Waals surface area contributed by atoms with Crippen LogP contribution in [0.3, 0.4) is 0 Å². The maximum Gasteiger partial charge on any atom is 0.372 e. The maximum absolute atomic E-state index is 11.0. The zero-order valence-electron chi connectivity index (χ0n) is 11.6. The van der Waals surface area contributed by atoms with Crippen molar-refractivity contribution in [1.29, 1.82) is 0 Å². The molecule has 0 fully saturated rings. The Hall–Kier alpha value is -2.23. The first-order valence-corrected chi connectivity index (χ1v) is 6.64. The average molecular weight is 274 g/mol. The summed E-state index contributed by atoms with van der Waals surface area (Å²) in [4.78, 5) is 11.0. The van der Waals surface area contributed by atoms with E-state index in [-0.39, 0.29) is 12.4 Å². The molecule has 0 aliphatic heterocycles. The number of hydrogen-bond donors (Lipinski definition) is 1. The van der Waals surface area contributed by atoms with Crippen molar-refractivity contribution in [2.24, 2.45) is 0 Å². The van der Waals surface area contributed by atoms with Crippen LogP contribution in [-0.4, -0.2) is 11.1 Å². The Bertz CT molecular complexity index is 586. The molecular formula is C16H18O4. The van der Waals surface area contributed by atoms with Gasteiger partial charge in [0, 0.05) is 5.56 Å². The highest BCUT2D eigenvalue weighted by atomic mass is 16.5. The molecule has 4 heteroatoms. The van der Waals surface area contributed by atoms with Gasteiger partial charge >= 0.3 is 5.97 Å². The van der Waals surface area contributed by atoms with Gasteiger partial charge in [-0.2, -0.15) is 0 Å². The molecule has 0 radical (unpaired) electrons. The number of carboxylic acids is 1. The molecular weight excluding hydrogens is 256 g/mol. The fraction of sp³-hybridized carbons (Fsp3) is 0.312. The zero-order valence-corrected chi connectivity index (χ0v) is 11.6. The first kappa shape index (κ1) is 14.2. The summed E-state index contributed by atoms with van der Waals surface area (Å²) in [7, 11) is 0. The van der Waals surface area contributed by atoms with Gasteiger partial charge in [-0.3, -0.25) is 0 Å². The van der Waals surface area contributed by atoms with Crippen molar-refractivity contribution >= 4 is 5.97 Å². The van der Waals surface area contributed by atoms with Crippen LogP contribution in [0.25, 0.3) is 0 Å². The molecule has 0 aliphatic rings. The van der Waals surface area contributed by atoms with Gasteiger partial charge in [0.15, 0.2) is 0 Å². The second kappa shape index (κ2) is 6.28. The topological polar surface area (TPSA) is 59.7 Å². The number of carboxylic acid groups (broad SMARTS) is 1. The number of benzene rings is 1. The number of rotatable bonds is 6. The van der Waals surface area contributed by atoms with E-state index < -0.39 is 5.97 Å². The molecule has 1 atom stereocenters. The first-order chi connectivity index (χ1) is 9.63. The van der Waals surface area contributed by atoms with Gasteiger partial charge in [-0.25, -0.2) is 4.79 Å². The van der Waals surface area contributed by atoms with Crippen molar-refractivity contribution in [3.8, 4) is 5.75 Å². The number of ether oxygens (including phenoxy) is 1. The van der Waals surface area contributed by atoms with Gasteiger partial charge in [-0.1, -0.05) is 32.0 Å². The second-order valence-electron chi connectivity index (χ2n) is 4.72. The van der Waals surface area contributed by atoms with Gasteiger partial charge in [0.1, 0.15) is 12.4 Å². The van der Waals surface area contributed by atoms with E-state index in [9.17, 15) is 4.79 Å². The Morgan fingerprint density at radius 1 is 1.35 bits per heavy atom. The molecule has 0 bridgehead atoms. The van der Waals surface area contributed by atoms with Crippen molar-refractivity contribution in [3.63, 3.8) is 0 Å². The van der Waals surface area contributed by atoms with Crippen LogP contribution >= 0.6 is 0 Å². The lowest BCUT2D eigenvalue weighted by Crippen LogP contribution is -2.04. The molecule has 1 N–H and O–H groups in total. The van der Waals surface area contributed by atoms with Crippen LogP contribution < -0.4 is 4.74 Å². The highest BCUT2D eigenvalue weighted by Gasteiger charge is 2.15. The highest BCUT2D eigenvalue weighted by Crippen LogP contribution is 2.29. The van der Waals surface area contributed by atoms with Crippen LogP contribution in [0.2, 0.25) is 0 Å². The third kappa shape index (κ3) is 3.02. The van der Waals surface area contributed by atoms with Gasteiger partial charge in [-0.15, -0.1) is 0 Å². The summed E-state index contributed by atoms with van der Waals surface area (Å²) in [6, 6.07) is 9.46. The molecule has 0 saturated carbocycles. The summed E-state index contributed by atoms with van der Waals surface area (Å²) >= 11 is 0. The number of aromatic carboxylic acids is 1. The lowest BCUT2D eigenvalue weighted by Gasteiger charge is -2.15. The molecule has 0 spiro atoms. The summed E-state index contributed by atoms with van der Waals surface area (Å²) in [6.07, 6.45) is 2.38. The summed E-state index contributed by atoms with van der Waals surface area (Å²) in [5, 5.41) is 8.98. The first-order valence-electron chi connectivity index (χ1n) is 6.64. The van der Waals surface area contributed by atoms with E-state index in [0.717, 1.165) is 17.7 Å². The second-order valence-corrected chi connectivity index (χ2v) is 4.72. The highest BCUT2D eigenvalue weighted by molar-refractivity contribution is 5.86. The van der Waals surface area contributed by atoms with E-state index in [1.165, 1.54) is 6.26 Å². The predicted octanol–water partition coefficient (Wildman–Crippen LogP) is 4.07. The molecule has 20 heavy (non-hydrogen) atoms. The number of para-hydroxylation sites is 1. The monoisotopic (exact) mass is 274 g/mol. The number of furan rings is 1. The predicted molar refractivity (Wildman–Crippen MR) is 75.1 cm³/mol. The zero-order chi connectivity index (χ0) is 14.5. The third-order valence-corrected chi connectivity index (χ3v) is 3.39. The van der Waals surface area contributed by atoms with Crippen molar-refractivity contribution in [2.45, 2.75) is 32.8 Å². The SMILES string of the molecule is CC[C@@H](C)c1ccccc1OCc1ccoc1C(=O)O. The van der Waals surface area contributed by atoms with Gasteiger partial charge in [0.2, 0.25) is 5.76 Å². The Labute approximate surface area is 118 Å². The molecule has 1 aromatic carbocycles. The van der Waals surface area contributed by atoms with Crippen LogP contribution in [0.1, 0.15) is 47.9 Å². The molecule has 0 aliphatic carbocycles. The normalized spacial score (nSPS) is 12.1. The smallest absolute Gasteiger partial charge is 0.372 e. The lowest BCUT2D eigenvalue weighted by molar-refractivity contribution is 0.0658. The maximum atomic E-state index is 11.0. The van der Waals surface area contributed by atoms with E-state index in [0.29, 0.717) is 11.5 Å². The van der Waals surface area contributed by atoms with E-state index in [1.54, 1.807) is 6.07 Å². The molecule has 0 saturated heterocycles. The van der Waals surface area contributed by atoms with E-state index in [4.69, 9.17) is 14.3 Å². The van der Waals surface area contributed by atoms with Crippen molar-refractivity contribution in [3.05, 3.63) is 53.5 Å².